The number of hydrogen-bond donors (Lipinski definition) is 0. The zero-order valence-corrected chi connectivity index (χ0v) is 9.41. The normalized spacial score (nSPS) is 10.3. The maximum Gasteiger partial charge on any atom is 0.0273 e. The Bertz CT molecular complexity index is 449. The van der Waals surface area contributed by atoms with Gasteiger partial charge in [0.1, 0.15) is 0 Å². The van der Waals surface area contributed by atoms with Gasteiger partial charge in [0, 0.05) is 12.4 Å². The Morgan fingerprint density at radius 1 is 0.867 bits per heavy atom. The van der Waals surface area contributed by atoms with Gasteiger partial charge in [0.05, 0.1) is 0 Å². The fourth-order valence-electron chi connectivity index (χ4n) is 2.15. The molecule has 0 unspecified atom stereocenters. The van der Waals surface area contributed by atoms with E-state index in [0.29, 0.717) is 0 Å². The molecule has 76 valence electrons. The topological polar surface area (TPSA) is 12.9 Å². The Morgan fingerprint density at radius 2 is 1.40 bits per heavy atom. The summed E-state index contributed by atoms with van der Waals surface area (Å²) in [6, 6.07) is 8.57. The van der Waals surface area contributed by atoms with Crippen molar-refractivity contribution >= 4 is 0 Å². The van der Waals surface area contributed by atoms with E-state index in [4.69, 9.17) is 0 Å². The lowest BCUT2D eigenvalue weighted by molar-refractivity contribution is 1.29. The molecule has 1 heteroatoms. The fraction of sp³-hybridized carbons (Fsp3) is 0.214. The van der Waals surface area contributed by atoms with Crippen molar-refractivity contribution in [3.05, 3.63) is 53.3 Å². The van der Waals surface area contributed by atoms with Crippen molar-refractivity contribution < 1.29 is 0 Å². The Hall–Kier alpha value is -1.63. The highest BCUT2D eigenvalue weighted by atomic mass is 14.6. The molecule has 0 saturated carbocycles. The molecule has 0 radical (unpaired) electrons. The van der Waals surface area contributed by atoms with Crippen LogP contribution in [0.15, 0.2) is 36.7 Å². The standard InChI is InChI=1S/C14H15N/c1-10-8-11(2)14(12(3)9-10)13-4-6-15-7-5-13/h4-9H,1-3H3. The largest absolute Gasteiger partial charge is 0.265 e. The maximum absolute atomic E-state index is 4.05. The summed E-state index contributed by atoms with van der Waals surface area (Å²) in [5.74, 6) is 0. The van der Waals surface area contributed by atoms with Crippen molar-refractivity contribution in [2.24, 2.45) is 0 Å². The van der Waals surface area contributed by atoms with Crippen molar-refractivity contribution in [2.45, 2.75) is 20.8 Å². The van der Waals surface area contributed by atoms with E-state index in [0.717, 1.165) is 0 Å². The average molecular weight is 197 g/mol. The summed E-state index contributed by atoms with van der Waals surface area (Å²) in [6.45, 7) is 6.46. The van der Waals surface area contributed by atoms with E-state index in [2.05, 4.69) is 50.0 Å². The van der Waals surface area contributed by atoms with Crippen molar-refractivity contribution in [3.63, 3.8) is 0 Å². The molecule has 1 aromatic carbocycles. The van der Waals surface area contributed by atoms with Crippen LogP contribution in [0.2, 0.25) is 0 Å². The summed E-state index contributed by atoms with van der Waals surface area (Å²) >= 11 is 0. The molecular formula is C14H15N. The summed E-state index contributed by atoms with van der Waals surface area (Å²) in [5.41, 5.74) is 6.57. The van der Waals surface area contributed by atoms with Crippen LogP contribution in [0.1, 0.15) is 16.7 Å². The summed E-state index contributed by atoms with van der Waals surface area (Å²) in [7, 11) is 0. The van der Waals surface area contributed by atoms with Gasteiger partial charge in [0.2, 0.25) is 0 Å². The van der Waals surface area contributed by atoms with E-state index in [-0.39, 0.29) is 0 Å². The Morgan fingerprint density at radius 3 is 1.93 bits per heavy atom. The molecule has 0 fully saturated rings. The van der Waals surface area contributed by atoms with E-state index in [1.807, 2.05) is 12.4 Å². The Balaban J connectivity index is 2.64. The van der Waals surface area contributed by atoms with Gasteiger partial charge in [-0.15, -0.1) is 0 Å². The van der Waals surface area contributed by atoms with Gasteiger partial charge in [-0.25, -0.2) is 0 Å². The van der Waals surface area contributed by atoms with E-state index >= 15 is 0 Å². The highest BCUT2D eigenvalue weighted by Gasteiger charge is 2.05. The van der Waals surface area contributed by atoms with Gasteiger partial charge >= 0.3 is 0 Å². The third-order valence-corrected chi connectivity index (χ3v) is 2.65. The van der Waals surface area contributed by atoms with E-state index < -0.39 is 0 Å². The summed E-state index contributed by atoms with van der Waals surface area (Å²) < 4.78 is 0. The minimum absolute atomic E-state index is 1.25. The van der Waals surface area contributed by atoms with Gasteiger partial charge in [-0.3, -0.25) is 4.98 Å². The molecule has 0 saturated heterocycles. The number of pyridine rings is 1. The van der Waals surface area contributed by atoms with Crippen molar-refractivity contribution in [2.75, 3.05) is 0 Å². The van der Waals surface area contributed by atoms with Crippen LogP contribution >= 0.6 is 0 Å². The molecule has 2 aromatic rings. The lowest BCUT2D eigenvalue weighted by Gasteiger charge is -2.11. The van der Waals surface area contributed by atoms with Crippen LogP contribution in [0.25, 0.3) is 11.1 Å². The third kappa shape index (κ3) is 1.91. The first-order valence-corrected chi connectivity index (χ1v) is 5.17. The number of nitrogens with zero attached hydrogens (tertiary/aromatic N) is 1. The minimum atomic E-state index is 1.25. The monoisotopic (exact) mass is 197 g/mol. The summed E-state index contributed by atoms with van der Waals surface area (Å²) in [5, 5.41) is 0. The second-order valence-corrected chi connectivity index (χ2v) is 4.01. The first kappa shape index (κ1) is 9.91. The second-order valence-electron chi connectivity index (χ2n) is 4.01. The quantitative estimate of drug-likeness (QED) is 0.679. The second kappa shape index (κ2) is 3.85. The smallest absolute Gasteiger partial charge is 0.0273 e. The maximum atomic E-state index is 4.05. The number of aryl methyl sites for hydroxylation is 3. The molecule has 0 amide bonds. The van der Waals surface area contributed by atoms with E-state index in [1.54, 1.807) is 0 Å². The van der Waals surface area contributed by atoms with Crippen LogP contribution in [-0.2, 0) is 0 Å². The molecule has 1 aromatic heterocycles. The van der Waals surface area contributed by atoms with Crippen LogP contribution in [0.5, 0.6) is 0 Å². The van der Waals surface area contributed by atoms with Crippen molar-refractivity contribution in [3.8, 4) is 11.1 Å². The van der Waals surface area contributed by atoms with Crippen LogP contribution in [0, 0.1) is 20.8 Å². The molecule has 0 aliphatic heterocycles. The third-order valence-electron chi connectivity index (χ3n) is 2.65. The van der Waals surface area contributed by atoms with Gasteiger partial charge in [-0.05, 0) is 55.2 Å². The van der Waals surface area contributed by atoms with Gasteiger partial charge in [0.25, 0.3) is 0 Å². The predicted octanol–water partition coefficient (Wildman–Crippen LogP) is 3.67. The molecule has 0 aliphatic carbocycles. The molecule has 0 spiro atoms. The predicted molar refractivity (Wildman–Crippen MR) is 63.9 cm³/mol. The zero-order chi connectivity index (χ0) is 10.8. The number of rotatable bonds is 1. The van der Waals surface area contributed by atoms with Gasteiger partial charge in [-0.2, -0.15) is 0 Å². The molecule has 0 bridgehead atoms. The zero-order valence-electron chi connectivity index (χ0n) is 9.41. The summed E-state index contributed by atoms with van der Waals surface area (Å²) in [4.78, 5) is 4.05. The van der Waals surface area contributed by atoms with Gasteiger partial charge in [0.15, 0.2) is 0 Å². The highest BCUT2D eigenvalue weighted by Crippen LogP contribution is 2.27. The molecule has 0 aliphatic rings. The lowest BCUT2D eigenvalue weighted by Crippen LogP contribution is -1.89. The van der Waals surface area contributed by atoms with Crippen LogP contribution in [-0.4, -0.2) is 4.98 Å². The van der Waals surface area contributed by atoms with Crippen molar-refractivity contribution in [1.29, 1.82) is 0 Å². The van der Waals surface area contributed by atoms with E-state index in [1.165, 1.54) is 27.8 Å². The molecular weight excluding hydrogens is 182 g/mol. The average Bonchev–Trinajstić information content (AvgIpc) is 2.17. The first-order chi connectivity index (χ1) is 7.18. The van der Waals surface area contributed by atoms with Crippen LogP contribution in [0.4, 0.5) is 0 Å². The van der Waals surface area contributed by atoms with Crippen molar-refractivity contribution in [1.82, 2.24) is 4.98 Å². The molecule has 0 atom stereocenters. The fourth-order valence-corrected chi connectivity index (χ4v) is 2.15. The molecule has 2 rings (SSSR count). The highest BCUT2D eigenvalue weighted by molar-refractivity contribution is 5.70. The number of hydrogen-bond acceptors (Lipinski definition) is 1. The molecule has 1 nitrogen and oxygen atoms in total. The summed E-state index contributed by atoms with van der Waals surface area (Å²) in [6.07, 6.45) is 3.68. The number of aromatic nitrogens is 1. The number of benzene rings is 1. The van der Waals surface area contributed by atoms with Crippen LogP contribution in [0.3, 0.4) is 0 Å². The Labute approximate surface area is 90.8 Å². The molecule has 1 heterocycles. The molecule has 0 N–H and O–H groups in total. The van der Waals surface area contributed by atoms with E-state index in [9.17, 15) is 0 Å². The van der Waals surface area contributed by atoms with Crippen LogP contribution < -0.4 is 0 Å². The lowest BCUT2D eigenvalue weighted by atomic mass is 9.95. The minimum Gasteiger partial charge on any atom is -0.265 e. The molecule has 15 heavy (non-hydrogen) atoms. The Kier molecular flexibility index (Phi) is 2.55. The SMILES string of the molecule is Cc1cc(C)c(-c2ccncc2)c(C)c1. The first-order valence-electron chi connectivity index (χ1n) is 5.17. The van der Waals surface area contributed by atoms with Gasteiger partial charge in [-0.1, -0.05) is 17.7 Å². The van der Waals surface area contributed by atoms with Gasteiger partial charge < -0.3 is 0 Å².